The quantitative estimate of drug-likeness (QED) is 0.119. The van der Waals surface area contributed by atoms with Gasteiger partial charge in [0.2, 0.25) is 17.7 Å². The summed E-state index contributed by atoms with van der Waals surface area (Å²) in [5, 5.41) is 13.7. The molecule has 3 amide bonds. The number of hydrogen-bond donors (Lipinski definition) is 2. The van der Waals surface area contributed by atoms with E-state index in [2.05, 4.69) is 34.4 Å². The first-order valence-electron chi connectivity index (χ1n) is 17.6. The number of aliphatic hydroxyl groups is 1. The Balaban J connectivity index is 1.37. The van der Waals surface area contributed by atoms with Crippen LogP contribution in [0, 0.1) is 11.8 Å². The van der Waals surface area contributed by atoms with Gasteiger partial charge in [0.25, 0.3) is 0 Å². The first-order valence-corrected chi connectivity index (χ1v) is 18.5. The van der Waals surface area contributed by atoms with Gasteiger partial charge in [0, 0.05) is 24.3 Å². The molecule has 2 bridgehead atoms. The van der Waals surface area contributed by atoms with Gasteiger partial charge in [-0.05, 0) is 29.5 Å². The van der Waals surface area contributed by atoms with Gasteiger partial charge in [-0.2, -0.15) is 0 Å². The average molecular weight is 771 g/mol. The minimum Gasteiger partial charge on any atom is -0.455 e. The lowest BCUT2D eigenvalue weighted by Gasteiger charge is -2.39. The molecule has 3 aromatic carbocycles. The summed E-state index contributed by atoms with van der Waals surface area (Å²) in [6, 6.07) is 25.6. The Morgan fingerprint density at radius 2 is 1.63 bits per heavy atom. The van der Waals surface area contributed by atoms with E-state index in [-0.39, 0.29) is 49.1 Å². The molecule has 0 aromatic heterocycles. The molecule has 3 heterocycles. The summed E-state index contributed by atoms with van der Waals surface area (Å²) in [7, 11) is 0. The van der Waals surface area contributed by atoms with Crippen LogP contribution in [-0.4, -0.2) is 80.9 Å². The molecule has 3 saturated heterocycles. The zero-order valence-corrected chi connectivity index (χ0v) is 30.5. The lowest BCUT2D eigenvalue weighted by atomic mass is 9.70. The molecule has 11 heteroatoms. The summed E-state index contributed by atoms with van der Waals surface area (Å²) in [6.07, 6.45) is 2.72. The van der Waals surface area contributed by atoms with Crippen molar-refractivity contribution in [3.05, 3.63) is 133 Å². The van der Waals surface area contributed by atoms with Crippen LogP contribution in [0.4, 0.5) is 0 Å². The van der Waals surface area contributed by atoms with E-state index < -0.39 is 60.2 Å². The number of aliphatic hydroxyl groups excluding tert-OH is 1. The Labute approximate surface area is 312 Å². The fraction of sp³-hybridized carbons (Fsp3) is 0.366. The fourth-order valence-electron chi connectivity index (χ4n) is 7.99. The number of carbonyl (C=O) groups excluding carboxylic acids is 4. The van der Waals surface area contributed by atoms with Gasteiger partial charge in [-0.3, -0.25) is 19.2 Å². The molecule has 3 aliphatic heterocycles. The van der Waals surface area contributed by atoms with Crippen molar-refractivity contribution in [1.82, 2.24) is 15.1 Å². The summed E-state index contributed by atoms with van der Waals surface area (Å²) in [5.74, 6) is -3.83. The standard InChI is InChI=1S/C41H44BrN3O7/c1-3-5-21-33(47)43-24-32(29-19-13-8-14-20-29)51-40(50)34-35-38(48)45(31(26-46)28-17-11-7-12-18-28)37(41(35)23-30(42)36(34)52-41)39(49)44(22-4-2)25-27-15-9-6-10-16-27/h3-4,6-20,30-32,34-37,46H,1-2,5,21-26H2,(H,43,47)/t30?,31-,32+,34-,35+,36-,37-,41+/m1/s1. The maximum absolute atomic E-state index is 15.0. The molecule has 0 aliphatic carbocycles. The molecule has 272 valence electrons. The van der Waals surface area contributed by atoms with E-state index in [0.717, 1.165) is 5.56 Å². The minimum absolute atomic E-state index is 0.0231. The van der Waals surface area contributed by atoms with Crippen molar-refractivity contribution in [3.8, 4) is 0 Å². The predicted molar refractivity (Wildman–Crippen MR) is 199 cm³/mol. The highest BCUT2D eigenvalue weighted by molar-refractivity contribution is 9.09. The second-order valence-corrected chi connectivity index (χ2v) is 14.7. The molecule has 0 saturated carbocycles. The number of carbonyl (C=O) groups is 4. The number of amides is 3. The van der Waals surface area contributed by atoms with Gasteiger partial charge in [-0.1, -0.05) is 119 Å². The second kappa shape index (κ2) is 16.4. The van der Waals surface area contributed by atoms with Crippen LogP contribution in [0.15, 0.2) is 116 Å². The molecule has 0 radical (unpaired) electrons. The van der Waals surface area contributed by atoms with Crippen molar-refractivity contribution in [3.63, 3.8) is 0 Å². The maximum atomic E-state index is 15.0. The lowest BCUT2D eigenvalue weighted by Crippen LogP contribution is -2.57. The number of alkyl halides is 1. The van der Waals surface area contributed by atoms with Gasteiger partial charge in [-0.15, -0.1) is 13.2 Å². The Bertz CT molecular complexity index is 1760. The van der Waals surface area contributed by atoms with Crippen LogP contribution in [0.3, 0.4) is 0 Å². The predicted octanol–water partition coefficient (Wildman–Crippen LogP) is 5.05. The topological polar surface area (TPSA) is 125 Å². The third-order valence-electron chi connectivity index (χ3n) is 10.3. The van der Waals surface area contributed by atoms with Crippen molar-refractivity contribution in [2.24, 2.45) is 11.8 Å². The highest BCUT2D eigenvalue weighted by Crippen LogP contribution is 2.61. The number of nitrogens with one attached hydrogen (secondary N) is 1. The third-order valence-corrected chi connectivity index (χ3v) is 11.1. The van der Waals surface area contributed by atoms with Crippen molar-refractivity contribution in [2.75, 3.05) is 19.7 Å². The van der Waals surface area contributed by atoms with Crippen molar-refractivity contribution >= 4 is 39.6 Å². The number of ether oxygens (including phenoxy) is 2. The first-order chi connectivity index (χ1) is 25.2. The molecule has 2 N–H and O–H groups in total. The molecule has 6 rings (SSSR count). The minimum atomic E-state index is -1.39. The molecule has 3 aliphatic rings. The Morgan fingerprint density at radius 1 is 1.00 bits per heavy atom. The molecule has 52 heavy (non-hydrogen) atoms. The highest BCUT2D eigenvalue weighted by Gasteiger charge is 2.77. The van der Waals surface area contributed by atoms with Crippen molar-refractivity contribution < 1.29 is 33.8 Å². The zero-order valence-electron chi connectivity index (χ0n) is 28.9. The normalized spacial score (nSPS) is 25.5. The van der Waals surface area contributed by atoms with Crippen LogP contribution >= 0.6 is 15.9 Å². The molecule has 1 unspecified atom stereocenters. The van der Waals surface area contributed by atoms with Crippen molar-refractivity contribution in [1.29, 1.82) is 0 Å². The number of nitrogens with zero attached hydrogens (tertiary/aromatic N) is 2. The highest BCUT2D eigenvalue weighted by atomic mass is 79.9. The van der Waals surface area contributed by atoms with E-state index in [0.29, 0.717) is 17.5 Å². The van der Waals surface area contributed by atoms with Crippen LogP contribution in [0.25, 0.3) is 0 Å². The number of esters is 1. The summed E-state index contributed by atoms with van der Waals surface area (Å²) in [6.45, 7) is 7.58. The lowest BCUT2D eigenvalue weighted by molar-refractivity contribution is -0.161. The number of benzene rings is 3. The Morgan fingerprint density at radius 3 is 2.25 bits per heavy atom. The third kappa shape index (κ3) is 7.22. The molecule has 3 aromatic rings. The van der Waals surface area contributed by atoms with Gasteiger partial charge in [0.15, 0.2) is 0 Å². The SMILES string of the molecule is C=CCCC(=O)NC[C@H](OC(=O)[C@H]1[C@@H]2O[C@@]3(CC2Br)[C@@H]1C(=O)N([C@H](CO)c1ccccc1)[C@@H]3C(=O)N(CC=C)Cc1ccccc1)c1ccccc1. The van der Waals surface area contributed by atoms with E-state index in [1.54, 1.807) is 29.2 Å². The van der Waals surface area contributed by atoms with E-state index in [4.69, 9.17) is 9.47 Å². The Kier molecular flexibility index (Phi) is 11.7. The number of rotatable bonds is 16. The maximum Gasteiger partial charge on any atom is 0.313 e. The number of halogens is 1. The second-order valence-electron chi connectivity index (χ2n) is 13.5. The van der Waals surface area contributed by atoms with Gasteiger partial charge in [-0.25, -0.2) is 0 Å². The number of allylic oxidation sites excluding steroid dienone is 1. The first kappa shape index (κ1) is 37.2. The summed E-state index contributed by atoms with van der Waals surface area (Å²) < 4.78 is 13.0. The van der Waals surface area contributed by atoms with Gasteiger partial charge in [0.05, 0.1) is 37.1 Å². The molecule has 8 atom stereocenters. The molecule has 10 nitrogen and oxygen atoms in total. The van der Waals surface area contributed by atoms with Gasteiger partial charge >= 0.3 is 5.97 Å². The summed E-state index contributed by atoms with van der Waals surface area (Å²) in [4.78, 5) is 59.6. The molecular formula is C41H44BrN3O7. The molecular weight excluding hydrogens is 726 g/mol. The van der Waals surface area contributed by atoms with E-state index >= 15 is 0 Å². The number of hydrogen-bond acceptors (Lipinski definition) is 7. The van der Waals surface area contributed by atoms with Gasteiger partial charge in [0.1, 0.15) is 17.7 Å². The average Bonchev–Trinajstić information content (AvgIpc) is 3.76. The number of likely N-dealkylation sites (tertiary alicyclic amines) is 1. The largest absolute Gasteiger partial charge is 0.455 e. The van der Waals surface area contributed by atoms with Crippen LogP contribution in [0.5, 0.6) is 0 Å². The summed E-state index contributed by atoms with van der Waals surface area (Å²) in [5.41, 5.74) is 0.818. The molecule has 1 spiro atoms. The zero-order chi connectivity index (χ0) is 36.8. The van der Waals surface area contributed by atoms with Crippen LogP contribution < -0.4 is 5.32 Å². The van der Waals surface area contributed by atoms with E-state index in [9.17, 15) is 24.3 Å². The van der Waals surface area contributed by atoms with E-state index in [1.165, 1.54) is 4.90 Å². The Hall–Kier alpha value is -4.58. The van der Waals surface area contributed by atoms with Crippen LogP contribution in [0.1, 0.15) is 48.1 Å². The van der Waals surface area contributed by atoms with Crippen molar-refractivity contribution in [2.45, 2.75) is 60.5 Å². The number of fused-ring (bicyclic) bond motifs is 1. The smallest absolute Gasteiger partial charge is 0.313 e. The van der Waals surface area contributed by atoms with Gasteiger partial charge < -0.3 is 29.7 Å². The van der Waals surface area contributed by atoms with Crippen LogP contribution in [-0.2, 0) is 35.2 Å². The van der Waals surface area contributed by atoms with E-state index in [1.807, 2.05) is 78.9 Å². The fourth-order valence-corrected chi connectivity index (χ4v) is 8.93. The molecule has 3 fully saturated rings. The van der Waals surface area contributed by atoms with Crippen LogP contribution in [0.2, 0.25) is 0 Å². The monoisotopic (exact) mass is 769 g/mol. The summed E-state index contributed by atoms with van der Waals surface area (Å²) >= 11 is 3.74.